The maximum atomic E-state index is 12.4. The number of nitrogens with zero attached hydrogens (tertiary/aromatic N) is 3. The average molecular weight is 346 g/mol. The van der Waals surface area contributed by atoms with Crippen LogP contribution < -0.4 is 5.32 Å². The van der Waals surface area contributed by atoms with E-state index in [-0.39, 0.29) is 11.9 Å². The van der Waals surface area contributed by atoms with Crippen molar-refractivity contribution in [3.05, 3.63) is 40.9 Å². The third kappa shape index (κ3) is 2.99. The number of H-pyrrole nitrogens is 1. The Hall–Kier alpha value is -2.41. The Bertz CT molecular complexity index is 853. The summed E-state index contributed by atoms with van der Waals surface area (Å²) in [5, 5.41) is 18.7. The van der Waals surface area contributed by atoms with Gasteiger partial charge in [0, 0.05) is 28.4 Å². The number of amides is 1. The van der Waals surface area contributed by atoms with Crippen molar-refractivity contribution in [2.24, 2.45) is 0 Å². The van der Waals surface area contributed by atoms with Crippen molar-refractivity contribution in [2.45, 2.75) is 37.6 Å². The number of tetrazole rings is 1. The largest absolute Gasteiger partial charge is 0.451 e. The molecule has 2 aromatic heterocycles. The fraction of sp³-hybridized carbons (Fsp3) is 0.375. The van der Waals surface area contributed by atoms with Gasteiger partial charge in [-0.1, -0.05) is 16.8 Å². The molecule has 1 aromatic carbocycles. The summed E-state index contributed by atoms with van der Waals surface area (Å²) in [7, 11) is 0. The molecule has 1 saturated carbocycles. The van der Waals surface area contributed by atoms with Crippen LogP contribution in [0.4, 0.5) is 0 Å². The number of halogens is 1. The van der Waals surface area contributed by atoms with Crippen molar-refractivity contribution in [3.8, 4) is 0 Å². The molecule has 24 heavy (non-hydrogen) atoms. The van der Waals surface area contributed by atoms with Crippen LogP contribution in [0.2, 0.25) is 5.02 Å². The first-order valence-corrected chi connectivity index (χ1v) is 8.30. The van der Waals surface area contributed by atoms with Crippen LogP contribution in [0.15, 0.2) is 28.7 Å². The van der Waals surface area contributed by atoms with Crippen molar-refractivity contribution in [2.75, 3.05) is 0 Å². The number of benzene rings is 1. The van der Waals surface area contributed by atoms with Gasteiger partial charge in [-0.25, -0.2) is 0 Å². The number of nitrogens with one attached hydrogen (secondary N) is 2. The normalized spacial score (nSPS) is 21.0. The minimum atomic E-state index is -0.190. The van der Waals surface area contributed by atoms with E-state index in [1.807, 2.05) is 6.07 Å². The average Bonchev–Trinajstić information content (AvgIpc) is 3.24. The predicted molar refractivity (Wildman–Crippen MR) is 87.9 cm³/mol. The predicted octanol–water partition coefficient (Wildman–Crippen LogP) is 3.06. The van der Waals surface area contributed by atoms with E-state index >= 15 is 0 Å². The van der Waals surface area contributed by atoms with E-state index in [0.717, 1.165) is 36.9 Å². The number of aromatic amines is 1. The number of rotatable bonds is 3. The molecule has 0 bridgehead atoms. The Kier molecular flexibility index (Phi) is 3.93. The Morgan fingerprint density at radius 3 is 2.83 bits per heavy atom. The fourth-order valence-electron chi connectivity index (χ4n) is 3.21. The van der Waals surface area contributed by atoms with Gasteiger partial charge in [0.2, 0.25) is 0 Å². The van der Waals surface area contributed by atoms with Gasteiger partial charge in [-0.15, -0.1) is 10.2 Å². The van der Waals surface area contributed by atoms with Crippen LogP contribution in [-0.4, -0.2) is 32.6 Å². The first-order valence-electron chi connectivity index (χ1n) is 7.92. The third-order valence-corrected chi connectivity index (χ3v) is 4.73. The Morgan fingerprint density at radius 1 is 1.25 bits per heavy atom. The number of carbonyl (C=O) groups excluding carboxylic acids is 1. The molecule has 1 aliphatic carbocycles. The summed E-state index contributed by atoms with van der Waals surface area (Å²) < 4.78 is 5.60. The van der Waals surface area contributed by atoms with Gasteiger partial charge in [-0.05, 0) is 43.9 Å². The lowest BCUT2D eigenvalue weighted by atomic mass is 9.85. The summed E-state index contributed by atoms with van der Waals surface area (Å²) >= 11 is 5.94. The van der Waals surface area contributed by atoms with Gasteiger partial charge in [-0.2, -0.15) is 5.21 Å². The molecule has 8 heteroatoms. The highest BCUT2D eigenvalue weighted by molar-refractivity contribution is 6.31. The highest BCUT2D eigenvalue weighted by Crippen LogP contribution is 2.31. The molecule has 0 spiro atoms. The van der Waals surface area contributed by atoms with E-state index in [0.29, 0.717) is 22.3 Å². The third-order valence-electron chi connectivity index (χ3n) is 4.50. The molecule has 0 saturated heterocycles. The SMILES string of the molecule is O=C(NC1CCC(c2nn[nH]n2)CC1)c1cc2ccc(Cl)cc2o1. The first-order chi connectivity index (χ1) is 11.7. The van der Waals surface area contributed by atoms with Gasteiger partial charge < -0.3 is 9.73 Å². The molecule has 4 rings (SSSR count). The summed E-state index contributed by atoms with van der Waals surface area (Å²) in [6.45, 7) is 0. The zero-order valence-corrected chi connectivity index (χ0v) is 13.6. The quantitative estimate of drug-likeness (QED) is 0.760. The number of aromatic nitrogens is 4. The van der Waals surface area contributed by atoms with E-state index in [4.69, 9.17) is 16.0 Å². The Balaban J connectivity index is 1.39. The van der Waals surface area contributed by atoms with E-state index < -0.39 is 0 Å². The Morgan fingerprint density at radius 2 is 2.08 bits per heavy atom. The van der Waals surface area contributed by atoms with Crippen LogP contribution in [0.5, 0.6) is 0 Å². The monoisotopic (exact) mass is 345 g/mol. The van der Waals surface area contributed by atoms with Crippen molar-refractivity contribution in [1.29, 1.82) is 0 Å². The maximum absolute atomic E-state index is 12.4. The van der Waals surface area contributed by atoms with E-state index in [1.165, 1.54) is 0 Å². The van der Waals surface area contributed by atoms with Gasteiger partial charge in [0.1, 0.15) is 5.58 Å². The molecule has 0 radical (unpaired) electrons. The number of hydrogen-bond donors (Lipinski definition) is 2. The molecule has 2 heterocycles. The molecule has 0 atom stereocenters. The van der Waals surface area contributed by atoms with E-state index in [2.05, 4.69) is 25.9 Å². The lowest BCUT2D eigenvalue weighted by Gasteiger charge is -2.27. The molecule has 0 aliphatic heterocycles. The molecule has 124 valence electrons. The second kappa shape index (κ2) is 6.24. The van der Waals surface area contributed by atoms with Crippen molar-refractivity contribution in [3.63, 3.8) is 0 Å². The van der Waals surface area contributed by atoms with E-state index in [9.17, 15) is 4.79 Å². The molecule has 3 aromatic rings. The van der Waals surface area contributed by atoms with Crippen molar-refractivity contribution in [1.82, 2.24) is 25.9 Å². The number of carbonyl (C=O) groups is 1. The van der Waals surface area contributed by atoms with E-state index in [1.54, 1.807) is 18.2 Å². The molecule has 1 fully saturated rings. The van der Waals surface area contributed by atoms with Gasteiger partial charge in [-0.3, -0.25) is 4.79 Å². The standard InChI is InChI=1S/C16H16ClN5O2/c17-11-4-1-10-7-14(24-13(10)8-11)16(23)18-12-5-2-9(3-6-12)15-19-21-22-20-15/h1,4,7-9,12H,2-3,5-6H2,(H,18,23)(H,19,20,21,22). The molecule has 7 nitrogen and oxygen atoms in total. The zero-order valence-electron chi connectivity index (χ0n) is 12.8. The molecule has 0 unspecified atom stereocenters. The summed E-state index contributed by atoms with van der Waals surface area (Å²) in [6.07, 6.45) is 3.63. The number of fused-ring (bicyclic) bond motifs is 1. The molecule has 1 aliphatic rings. The van der Waals surface area contributed by atoms with Gasteiger partial charge in [0.15, 0.2) is 11.6 Å². The van der Waals surface area contributed by atoms with Gasteiger partial charge in [0.05, 0.1) is 0 Å². The Labute approximate surface area is 142 Å². The lowest BCUT2D eigenvalue weighted by molar-refractivity contribution is 0.0899. The summed E-state index contributed by atoms with van der Waals surface area (Å²) in [6, 6.07) is 7.21. The minimum Gasteiger partial charge on any atom is -0.451 e. The van der Waals surface area contributed by atoms with Crippen molar-refractivity contribution >= 4 is 28.5 Å². The van der Waals surface area contributed by atoms with Crippen LogP contribution in [0.1, 0.15) is 48.0 Å². The first kappa shape index (κ1) is 15.1. The topological polar surface area (TPSA) is 96.7 Å². The number of hydrogen-bond acceptors (Lipinski definition) is 5. The fourth-order valence-corrected chi connectivity index (χ4v) is 3.37. The lowest BCUT2D eigenvalue weighted by Crippen LogP contribution is -2.37. The molecular formula is C16H16ClN5O2. The second-order valence-corrected chi connectivity index (χ2v) is 6.52. The number of furan rings is 1. The summed E-state index contributed by atoms with van der Waals surface area (Å²) in [5.41, 5.74) is 0.619. The maximum Gasteiger partial charge on any atom is 0.287 e. The summed E-state index contributed by atoms with van der Waals surface area (Å²) in [5.74, 6) is 1.19. The summed E-state index contributed by atoms with van der Waals surface area (Å²) in [4.78, 5) is 12.4. The smallest absolute Gasteiger partial charge is 0.287 e. The second-order valence-electron chi connectivity index (χ2n) is 6.08. The van der Waals surface area contributed by atoms with Crippen molar-refractivity contribution < 1.29 is 9.21 Å². The van der Waals surface area contributed by atoms with Crippen LogP contribution in [0, 0.1) is 0 Å². The van der Waals surface area contributed by atoms with Crippen LogP contribution in [0.25, 0.3) is 11.0 Å². The van der Waals surface area contributed by atoms with Crippen LogP contribution in [-0.2, 0) is 0 Å². The minimum absolute atomic E-state index is 0.137. The highest BCUT2D eigenvalue weighted by Gasteiger charge is 2.26. The zero-order chi connectivity index (χ0) is 16.5. The van der Waals surface area contributed by atoms with Crippen LogP contribution in [0.3, 0.4) is 0 Å². The van der Waals surface area contributed by atoms with Gasteiger partial charge in [0.25, 0.3) is 5.91 Å². The molecule has 1 amide bonds. The molecular weight excluding hydrogens is 330 g/mol. The molecule has 2 N–H and O–H groups in total. The van der Waals surface area contributed by atoms with Crippen LogP contribution >= 0.6 is 11.6 Å². The van der Waals surface area contributed by atoms with Gasteiger partial charge >= 0.3 is 0 Å². The highest BCUT2D eigenvalue weighted by atomic mass is 35.5.